The van der Waals surface area contributed by atoms with E-state index >= 15 is 0 Å². The predicted molar refractivity (Wildman–Crippen MR) is 120 cm³/mol. The Morgan fingerprint density at radius 3 is 2.35 bits per heavy atom. The summed E-state index contributed by atoms with van der Waals surface area (Å²) in [4.78, 5) is 33.3. The number of primary amides is 1. The van der Waals surface area contributed by atoms with Crippen molar-refractivity contribution in [2.24, 2.45) is 5.73 Å². The molecule has 2 heterocycles. The highest BCUT2D eigenvalue weighted by Gasteiger charge is 2.41. The average molecular weight is 415 g/mol. The summed E-state index contributed by atoms with van der Waals surface area (Å²) in [5, 5.41) is 6.12. The Kier molecular flexibility index (Phi) is 5.93. The first-order valence-electron chi connectivity index (χ1n) is 10.4. The first-order valence-corrected chi connectivity index (χ1v) is 10.4. The highest BCUT2D eigenvalue weighted by molar-refractivity contribution is 6.07. The average Bonchev–Trinajstić information content (AvgIpc) is 3.31. The molecule has 1 aromatic carbocycles. The van der Waals surface area contributed by atoms with E-state index in [4.69, 9.17) is 5.73 Å². The van der Waals surface area contributed by atoms with Gasteiger partial charge in [0, 0.05) is 30.8 Å². The number of carbonyl (C=O) groups excluding carboxylic acids is 2. The fraction of sp³-hybridized carbons (Fsp3) is 0.250. The van der Waals surface area contributed by atoms with E-state index in [-0.39, 0.29) is 11.8 Å². The van der Waals surface area contributed by atoms with Gasteiger partial charge in [-0.1, -0.05) is 25.0 Å². The van der Waals surface area contributed by atoms with Gasteiger partial charge in [-0.05, 0) is 60.4 Å². The maximum Gasteiger partial charge on any atom is 0.259 e. The number of hydrogen-bond acceptors (Lipinski definition) is 5. The smallest absolute Gasteiger partial charge is 0.259 e. The van der Waals surface area contributed by atoms with Gasteiger partial charge in [0.25, 0.3) is 5.91 Å². The Hall–Kier alpha value is -3.74. The summed E-state index contributed by atoms with van der Waals surface area (Å²) < 4.78 is 0. The molecule has 1 saturated carbocycles. The predicted octanol–water partition coefficient (Wildman–Crippen LogP) is 3.64. The molecule has 0 atom stereocenters. The van der Waals surface area contributed by atoms with Crippen LogP contribution in [-0.2, 0) is 16.8 Å². The first kappa shape index (κ1) is 20.5. The lowest BCUT2D eigenvalue weighted by Crippen LogP contribution is -2.38. The molecule has 158 valence electrons. The number of carbonyl (C=O) groups is 2. The fourth-order valence-electron chi connectivity index (χ4n) is 4.14. The molecule has 1 aliphatic rings. The Morgan fingerprint density at radius 1 is 0.968 bits per heavy atom. The van der Waals surface area contributed by atoms with Gasteiger partial charge in [-0.2, -0.15) is 0 Å². The molecule has 4 N–H and O–H groups in total. The summed E-state index contributed by atoms with van der Waals surface area (Å²) in [5.41, 5.74) is 8.18. The monoisotopic (exact) mass is 415 g/mol. The number of benzene rings is 1. The topological polar surface area (TPSA) is 110 Å². The third-order valence-electron chi connectivity index (χ3n) is 5.89. The number of hydrogen-bond donors (Lipinski definition) is 3. The van der Waals surface area contributed by atoms with Crippen LogP contribution in [-0.4, -0.2) is 21.8 Å². The van der Waals surface area contributed by atoms with Crippen LogP contribution in [0.5, 0.6) is 0 Å². The molecular weight excluding hydrogens is 390 g/mol. The van der Waals surface area contributed by atoms with Crippen molar-refractivity contribution in [2.75, 3.05) is 10.6 Å². The van der Waals surface area contributed by atoms with Crippen molar-refractivity contribution < 1.29 is 9.59 Å². The molecule has 0 saturated heterocycles. The van der Waals surface area contributed by atoms with Gasteiger partial charge >= 0.3 is 0 Å². The molecule has 0 aliphatic heterocycles. The van der Waals surface area contributed by atoms with Crippen LogP contribution < -0.4 is 16.4 Å². The molecule has 0 bridgehead atoms. The van der Waals surface area contributed by atoms with Gasteiger partial charge in [-0.15, -0.1) is 0 Å². The van der Waals surface area contributed by atoms with Crippen molar-refractivity contribution in [3.05, 3.63) is 83.8 Å². The van der Waals surface area contributed by atoms with Gasteiger partial charge in [-0.25, -0.2) is 4.98 Å². The highest BCUT2D eigenvalue weighted by Crippen LogP contribution is 2.41. The standard InChI is InChI=1S/C24H25N5O2/c25-23(31)24(11-1-2-12-24)18-5-7-19(8-6-18)29-22(30)20-4-3-13-27-21(20)28-16-17-9-14-26-15-10-17/h3-10,13-15H,1-2,11-12,16H2,(H2,25,31)(H,27,28)(H,29,30). The van der Waals surface area contributed by atoms with E-state index in [1.165, 1.54) is 0 Å². The zero-order valence-corrected chi connectivity index (χ0v) is 17.2. The third kappa shape index (κ3) is 4.40. The van der Waals surface area contributed by atoms with Gasteiger partial charge in [0.05, 0.1) is 11.0 Å². The van der Waals surface area contributed by atoms with Crippen molar-refractivity contribution in [1.82, 2.24) is 9.97 Å². The molecule has 2 amide bonds. The van der Waals surface area contributed by atoms with Gasteiger partial charge in [0.2, 0.25) is 5.91 Å². The SMILES string of the molecule is NC(=O)C1(c2ccc(NC(=O)c3cccnc3NCc3ccncc3)cc2)CCCC1. The van der Waals surface area contributed by atoms with E-state index in [1.54, 1.807) is 30.7 Å². The zero-order valence-electron chi connectivity index (χ0n) is 17.2. The fourth-order valence-corrected chi connectivity index (χ4v) is 4.14. The van der Waals surface area contributed by atoms with Gasteiger partial charge in [-0.3, -0.25) is 14.6 Å². The summed E-state index contributed by atoms with van der Waals surface area (Å²) in [5.74, 6) is -0.0299. The number of aromatic nitrogens is 2. The van der Waals surface area contributed by atoms with Crippen LogP contribution in [0.1, 0.15) is 47.2 Å². The van der Waals surface area contributed by atoms with Crippen molar-refractivity contribution in [3.63, 3.8) is 0 Å². The zero-order chi connectivity index (χ0) is 21.7. The third-order valence-corrected chi connectivity index (χ3v) is 5.89. The molecule has 31 heavy (non-hydrogen) atoms. The normalized spacial score (nSPS) is 14.7. The molecule has 1 aliphatic carbocycles. The van der Waals surface area contributed by atoms with Crippen molar-refractivity contribution in [1.29, 1.82) is 0 Å². The minimum Gasteiger partial charge on any atom is -0.369 e. The van der Waals surface area contributed by atoms with Crippen LogP contribution in [0, 0.1) is 0 Å². The summed E-state index contributed by atoms with van der Waals surface area (Å²) in [7, 11) is 0. The summed E-state index contributed by atoms with van der Waals surface area (Å²) >= 11 is 0. The minimum absolute atomic E-state index is 0.261. The van der Waals surface area contributed by atoms with Crippen LogP contribution in [0.4, 0.5) is 11.5 Å². The number of nitrogens with one attached hydrogen (secondary N) is 2. The van der Waals surface area contributed by atoms with E-state index in [9.17, 15) is 9.59 Å². The maximum absolute atomic E-state index is 12.9. The van der Waals surface area contributed by atoms with E-state index in [0.29, 0.717) is 23.6 Å². The summed E-state index contributed by atoms with van der Waals surface area (Å²) in [6.07, 6.45) is 8.63. The number of pyridine rings is 2. The second-order valence-electron chi connectivity index (χ2n) is 7.79. The minimum atomic E-state index is -0.587. The lowest BCUT2D eigenvalue weighted by molar-refractivity contribution is -0.123. The van der Waals surface area contributed by atoms with E-state index in [2.05, 4.69) is 20.6 Å². The number of nitrogens with zero attached hydrogens (tertiary/aromatic N) is 2. The van der Waals surface area contributed by atoms with Crippen LogP contribution >= 0.6 is 0 Å². The van der Waals surface area contributed by atoms with Crippen LogP contribution in [0.25, 0.3) is 0 Å². The summed E-state index contributed by atoms with van der Waals surface area (Å²) in [6, 6.07) is 14.7. The van der Waals surface area contributed by atoms with E-state index in [1.807, 2.05) is 36.4 Å². The van der Waals surface area contributed by atoms with Gasteiger partial charge in [0.15, 0.2) is 0 Å². The van der Waals surface area contributed by atoms with Gasteiger partial charge in [0.1, 0.15) is 5.82 Å². The Morgan fingerprint density at radius 2 is 1.68 bits per heavy atom. The van der Waals surface area contributed by atoms with E-state index < -0.39 is 5.41 Å². The number of amides is 2. The first-order chi connectivity index (χ1) is 15.1. The number of rotatable bonds is 7. The lowest BCUT2D eigenvalue weighted by atomic mass is 9.78. The molecule has 1 fully saturated rings. The molecule has 0 unspecified atom stereocenters. The van der Waals surface area contributed by atoms with E-state index in [0.717, 1.165) is 36.8 Å². The molecule has 7 heteroatoms. The Bertz CT molecular complexity index is 1060. The van der Waals surface area contributed by atoms with Gasteiger partial charge < -0.3 is 16.4 Å². The van der Waals surface area contributed by atoms with Crippen molar-refractivity contribution >= 4 is 23.3 Å². The Balaban J connectivity index is 1.47. The van der Waals surface area contributed by atoms with Crippen molar-refractivity contribution in [2.45, 2.75) is 37.6 Å². The molecule has 7 nitrogen and oxygen atoms in total. The lowest BCUT2D eigenvalue weighted by Gasteiger charge is -2.25. The highest BCUT2D eigenvalue weighted by atomic mass is 16.2. The molecule has 2 aromatic heterocycles. The van der Waals surface area contributed by atoms with Crippen LogP contribution in [0.3, 0.4) is 0 Å². The van der Waals surface area contributed by atoms with Crippen LogP contribution in [0.15, 0.2) is 67.1 Å². The molecule has 3 aromatic rings. The second-order valence-corrected chi connectivity index (χ2v) is 7.79. The second kappa shape index (κ2) is 8.95. The molecule has 0 radical (unpaired) electrons. The summed E-state index contributed by atoms with van der Waals surface area (Å²) in [6.45, 7) is 0.531. The largest absolute Gasteiger partial charge is 0.369 e. The quantitative estimate of drug-likeness (QED) is 0.546. The number of anilines is 2. The maximum atomic E-state index is 12.9. The number of nitrogens with two attached hydrogens (primary N) is 1. The van der Waals surface area contributed by atoms with Crippen LogP contribution in [0.2, 0.25) is 0 Å². The molecular formula is C24H25N5O2. The molecule has 4 rings (SSSR count). The Labute approximate surface area is 181 Å². The molecule has 0 spiro atoms. The van der Waals surface area contributed by atoms with Crippen molar-refractivity contribution in [3.8, 4) is 0 Å².